The Morgan fingerprint density at radius 1 is 1.22 bits per heavy atom. The normalized spacial score (nSPS) is 26.8. The molecule has 0 saturated carbocycles. The van der Waals surface area contributed by atoms with Crippen molar-refractivity contribution in [3.05, 3.63) is 0 Å². The Hall–Kier alpha value is -0.610. The lowest BCUT2D eigenvalue weighted by Crippen LogP contribution is -2.57. The van der Waals surface area contributed by atoms with Crippen LogP contribution < -0.4 is 5.32 Å². The molecule has 2 aliphatic heterocycles. The molecule has 4 heteroatoms. The van der Waals surface area contributed by atoms with Crippen LogP contribution in [0.2, 0.25) is 0 Å². The molecule has 1 unspecified atom stereocenters. The Labute approximate surface area is 111 Å². The fraction of sp³-hybridized carbons (Fsp3) is 0.929. The van der Waals surface area contributed by atoms with Crippen LogP contribution in [0.5, 0.6) is 0 Å². The summed E-state index contributed by atoms with van der Waals surface area (Å²) in [5, 5.41) is 3.41. The minimum absolute atomic E-state index is 0.616. The molecule has 0 radical (unpaired) electrons. The van der Waals surface area contributed by atoms with Gasteiger partial charge in [0, 0.05) is 50.7 Å². The summed E-state index contributed by atoms with van der Waals surface area (Å²) in [6.07, 6.45) is 1.08. The van der Waals surface area contributed by atoms with Gasteiger partial charge in [-0.25, -0.2) is 0 Å². The molecule has 0 amide bonds. The maximum absolute atomic E-state index is 4.55. The lowest BCUT2D eigenvalue weighted by atomic mass is 10.0. The fourth-order valence-corrected chi connectivity index (χ4v) is 3.03. The van der Waals surface area contributed by atoms with Crippen LogP contribution in [0.4, 0.5) is 0 Å². The van der Waals surface area contributed by atoms with Gasteiger partial charge in [-0.1, -0.05) is 0 Å². The van der Waals surface area contributed by atoms with Gasteiger partial charge in [0.1, 0.15) is 0 Å². The van der Waals surface area contributed by atoms with E-state index in [1.807, 2.05) is 0 Å². The van der Waals surface area contributed by atoms with Crippen LogP contribution >= 0.6 is 0 Å². The molecule has 0 bridgehead atoms. The lowest BCUT2D eigenvalue weighted by Gasteiger charge is -2.45. The number of rotatable bonds is 4. The van der Waals surface area contributed by atoms with Crippen molar-refractivity contribution in [2.45, 2.75) is 52.2 Å². The molecule has 0 spiro atoms. The van der Waals surface area contributed by atoms with E-state index in [0.717, 1.165) is 19.5 Å². The van der Waals surface area contributed by atoms with E-state index in [4.69, 9.17) is 0 Å². The van der Waals surface area contributed by atoms with Gasteiger partial charge in [-0.3, -0.25) is 14.8 Å². The molecular weight excluding hydrogens is 224 g/mol. The molecule has 4 nitrogen and oxygen atoms in total. The number of hydrogen-bond donors (Lipinski definition) is 1. The van der Waals surface area contributed by atoms with Gasteiger partial charge in [0.25, 0.3) is 0 Å². The molecule has 0 aromatic heterocycles. The zero-order valence-corrected chi connectivity index (χ0v) is 12.3. The Kier molecular flexibility index (Phi) is 4.62. The monoisotopic (exact) mass is 252 g/mol. The summed E-state index contributed by atoms with van der Waals surface area (Å²) in [7, 11) is 0. The summed E-state index contributed by atoms with van der Waals surface area (Å²) in [6, 6.07) is 1.90. The highest BCUT2D eigenvalue weighted by Crippen LogP contribution is 2.18. The summed E-state index contributed by atoms with van der Waals surface area (Å²) in [5.74, 6) is 1.22. The molecule has 1 N–H and O–H groups in total. The van der Waals surface area contributed by atoms with Gasteiger partial charge in [0.2, 0.25) is 0 Å². The predicted octanol–water partition coefficient (Wildman–Crippen LogP) is 1.18. The summed E-state index contributed by atoms with van der Waals surface area (Å²) in [5.41, 5.74) is 0. The minimum atomic E-state index is 0.616. The first-order valence-electron chi connectivity index (χ1n) is 7.35. The van der Waals surface area contributed by atoms with E-state index in [1.54, 1.807) is 0 Å². The van der Waals surface area contributed by atoms with E-state index >= 15 is 0 Å². The maximum Gasteiger partial charge on any atom is 0.0980 e. The highest BCUT2D eigenvalue weighted by Gasteiger charge is 2.30. The average molecular weight is 252 g/mol. The van der Waals surface area contributed by atoms with Crippen molar-refractivity contribution in [2.24, 2.45) is 4.99 Å². The number of nitrogens with zero attached hydrogens (tertiary/aromatic N) is 3. The first-order chi connectivity index (χ1) is 8.58. The summed E-state index contributed by atoms with van der Waals surface area (Å²) in [4.78, 5) is 9.79. The third-order valence-corrected chi connectivity index (χ3v) is 4.13. The Balaban J connectivity index is 1.99. The fourth-order valence-electron chi connectivity index (χ4n) is 3.03. The largest absolute Gasteiger partial charge is 0.372 e. The van der Waals surface area contributed by atoms with Crippen molar-refractivity contribution < 1.29 is 0 Å². The minimum Gasteiger partial charge on any atom is -0.372 e. The van der Waals surface area contributed by atoms with Gasteiger partial charge in [-0.2, -0.15) is 0 Å². The molecule has 104 valence electrons. The van der Waals surface area contributed by atoms with Crippen molar-refractivity contribution in [3.63, 3.8) is 0 Å². The molecular formula is C14H28N4. The highest BCUT2D eigenvalue weighted by atomic mass is 15.3. The Morgan fingerprint density at radius 2 is 2.00 bits per heavy atom. The van der Waals surface area contributed by atoms with Crippen LogP contribution in [0.1, 0.15) is 34.1 Å². The van der Waals surface area contributed by atoms with Gasteiger partial charge in [0.15, 0.2) is 0 Å². The second kappa shape index (κ2) is 6.02. The smallest absolute Gasteiger partial charge is 0.0980 e. The van der Waals surface area contributed by atoms with E-state index in [-0.39, 0.29) is 0 Å². The zero-order valence-electron chi connectivity index (χ0n) is 12.3. The number of piperazine rings is 1. The molecule has 2 aliphatic rings. The standard InChI is InChI=1S/C14H28N4/c1-11(2)17-7-8-18(12(3)4)13(10-17)9-14-15-5-6-16-14/h11-13H,5-10H2,1-4H3,(H,15,16). The van der Waals surface area contributed by atoms with Gasteiger partial charge < -0.3 is 5.32 Å². The predicted molar refractivity (Wildman–Crippen MR) is 77.3 cm³/mol. The summed E-state index contributed by atoms with van der Waals surface area (Å²) < 4.78 is 0. The lowest BCUT2D eigenvalue weighted by molar-refractivity contribution is 0.0394. The van der Waals surface area contributed by atoms with Crippen molar-refractivity contribution in [1.29, 1.82) is 0 Å². The van der Waals surface area contributed by atoms with Gasteiger partial charge >= 0.3 is 0 Å². The molecule has 1 atom stereocenters. The molecule has 0 aromatic carbocycles. The van der Waals surface area contributed by atoms with E-state index in [1.165, 1.54) is 25.5 Å². The third kappa shape index (κ3) is 3.23. The van der Waals surface area contributed by atoms with Crippen LogP contribution in [0, 0.1) is 0 Å². The van der Waals surface area contributed by atoms with Crippen molar-refractivity contribution >= 4 is 5.84 Å². The second-order valence-electron chi connectivity index (χ2n) is 6.03. The molecule has 0 aromatic rings. The number of nitrogens with one attached hydrogen (secondary N) is 1. The molecule has 1 fully saturated rings. The van der Waals surface area contributed by atoms with Crippen LogP contribution in [-0.2, 0) is 0 Å². The molecule has 2 rings (SSSR count). The molecule has 0 aliphatic carbocycles. The number of amidine groups is 1. The van der Waals surface area contributed by atoms with E-state index < -0.39 is 0 Å². The molecule has 2 heterocycles. The molecule has 18 heavy (non-hydrogen) atoms. The van der Waals surface area contributed by atoms with Crippen LogP contribution in [0.15, 0.2) is 4.99 Å². The van der Waals surface area contributed by atoms with E-state index in [0.29, 0.717) is 18.1 Å². The maximum atomic E-state index is 4.55. The van der Waals surface area contributed by atoms with Gasteiger partial charge in [-0.05, 0) is 27.7 Å². The van der Waals surface area contributed by atoms with E-state index in [9.17, 15) is 0 Å². The van der Waals surface area contributed by atoms with Gasteiger partial charge in [-0.15, -0.1) is 0 Å². The quantitative estimate of drug-likeness (QED) is 0.815. The summed E-state index contributed by atoms with van der Waals surface area (Å²) >= 11 is 0. The first-order valence-corrected chi connectivity index (χ1v) is 7.35. The zero-order chi connectivity index (χ0) is 13.1. The Morgan fingerprint density at radius 3 is 2.56 bits per heavy atom. The van der Waals surface area contributed by atoms with Crippen LogP contribution in [0.3, 0.4) is 0 Å². The second-order valence-corrected chi connectivity index (χ2v) is 6.03. The topological polar surface area (TPSA) is 30.9 Å². The van der Waals surface area contributed by atoms with Crippen molar-refractivity contribution in [3.8, 4) is 0 Å². The number of aliphatic imine (C=N–C) groups is 1. The average Bonchev–Trinajstić information content (AvgIpc) is 2.81. The highest BCUT2D eigenvalue weighted by molar-refractivity contribution is 5.84. The van der Waals surface area contributed by atoms with Crippen molar-refractivity contribution in [1.82, 2.24) is 15.1 Å². The SMILES string of the molecule is CC(C)N1CCN(C(C)C)C(CC2=NCCN2)C1. The number of hydrogen-bond acceptors (Lipinski definition) is 4. The van der Waals surface area contributed by atoms with Gasteiger partial charge in [0.05, 0.1) is 12.4 Å². The van der Waals surface area contributed by atoms with E-state index in [2.05, 4.69) is 47.8 Å². The third-order valence-electron chi connectivity index (χ3n) is 4.13. The summed E-state index contributed by atoms with van der Waals surface area (Å²) in [6.45, 7) is 14.8. The first kappa shape index (κ1) is 13.8. The Bertz CT molecular complexity index is 298. The van der Waals surface area contributed by atoms with Crippen LogP contribution in [-0.4, -0.2) is 66.5 Å². The molecule has 1 saturated heterocycles. The van der Waals surface area contributed by atoms with Crippen molar-refractivity contribution in [2.75, 3.05) is 32.7 Å². The van der Waals surface area contributed by atoms with Crippen LogP contribution in [0.25, 0.3) is 0 Å².